The second kappa shape index (κ2) is 8.37. The maximum Gasteiger partial charge on any atom is 0.257 e. The number of hydrogen-bond donors (Lipinski definition) is 1. The molecule has 1 aromatic carbocycles. The van der Waals surface area contributed by atoms with Crippen LogP contribution in [0.4, 0.5) is 0 Å². The summed E-state index contributed by atoms with van der Waals surface area (Å²) < 4.78 is 1.79. The minimum absolute atomic E-state index is 0.00593. The van der Waals surface area contributed by atoms with Gasteiger partial charge in [-0.3, -0.25) is 4.79 Å². The first-order chi connectivity index (χ1) is 16.2. The molecule has 3 aromatic rings. The van der Waals surface area contributed by atoms with E-state index in [4.69, 9.17) is 4.98 Å². The van der Waals surface area contributed by atoms with E-state index in [9.17, 15) is 9.90 Å². The lowest BCUT2D eigenvalue weighted by molar-refractivity contribution is 0.0502. The summed E-state index contributed by atoms with van der Waals surface area (Å²) in [6.45, 7) is 0.692. The maximum atomic E-state index is 13.5. The van der Waals surface area contributed by atoms with Gasteiger partial charge < -0.3 is 10.0 Å². The van der Waals surface area contributed by atoms with Crippen LogP contribution >= 0.6 is 0 Å². The molecule has 1 amide bonds. The molecule has 2 aromatic heterocycles. The Hall–Kier alpha value is -3.06. The third-order valence-corrected chi connectivity index (χ3v) is 7.31. The van der Waals surface area contributed by atoms with Crippen LogP contribution in [0.2, 0.25) is 0 Å². The summed E-state index contributed by atoms with van der Waals surface area (Å²) in [5, 5.41) is 14.4. The van der Waals surface area contributed by atoms with E-state index in [0.717, 1.165) is 62.8 Å². The number of nitrogens with zero attached hydrogens (tertiary/aromatic N) is 5. The number of fused-ring (bicyclic) bond motifs is 3. The number of aromatic nitrogens is 4. The molecule has 170 valence electrons. The zero-order chi connectivity index (χ0) is 22.4. The van der Waals surface area contributed by atoms with Crippen molar-refractivity contribution in [1.82, 2.24) is 24.6 Å². The van der Waals surface area contributed by atoms with Crippen molar-refractivity contribution in [3.8, 4) is 17.2 Å². The zero-order valence-corrected chi connectivity index (χ0v) is 18.8. The molecule has 0 unspecified atom stereocenters. The molecule has 1 aliphatic heterocycles. The lowest BCUT2D eigenvalue weighted by Crippen LogP contribution is -2.45. The second-order valence-corrected chi connectivity index (χ2v) is 9.51. The van der Waals surface area contributed by atoms with Crippen LogP contribution in [0, 0.1) is 0 Å². The third kappa shape index (κ3) is 3.64. The van der Waals surface area contributed by atoms with Crippen molar-refractivity contribution in [3.63, 3.8) is 0 Å². The van der Waals surface area contributed by atoms with Gasteiger partial charge in [-0.2, -0.15) is 5.10 Å². The first-order valence-electron chi connectivity index (χ1n) is 12.2. The molecule has 2 fully saturated rings. The first kappa shape index (κ1) is 20.5. The Labute approximate surface area is 193 Å². The molecule has 3 heterocycles. The molecule has 33 heavy (non-hydrogen) atoms. The summed E-state index contributed by atoms with van der Waals surface area (Å²) in [4.78, 5) is 25.1. The normalized spacial score (nSPS) is 20.2. The highest BCUT2D eigenvalue weighted by molar-refractivity contribution is 5.96. The number of likely N-dealkylation sites (tertiary alicyclic amines) is 1. The predicted octanol–water partition coefficient (Wildman–Crippen LogP) is 3.68. The SMILES string of the molecule is O=C(c1cnn(-c2ncc3c(n2)-c2ccccc2CCC3)c1C1CC1)N1CCCC[C@H]1CO. The highest BCUT2D eigenvalue weighted by atomic mass is 16.3. The Balaban J connectivity index is 1.42. The highest BCUT2D eigenvalue weighted by Gasteiger charge is 2.37. The van der Waals surface area contributed by atoms with Gasteiger partial charge in [-0.15, -0.1) is 0 Å². The third-order valence-electron chi connectivity index (χ3n) is 7.31. The number of carbonyl (C=O) groups excluding carboxylic acids is 1. The summed E-state index contributed by atoms with van der Waals surface area (Å²) in [5.74, 6) is 0.810. The zero-order valence-electron chi connectivity index (χ0n) is 18.8. The maximum absolute atomic E-state index is 13.5. The van der Waals surface area contributed by atoms with E-state index in [2.05, 4.69) is 34.3 Å². The van der Waals surface area contributed by atoms with Gasteiger partial charge in [-0.05, 0) is 62.5 Å². The lowest BCUT2D eigenvalue weighted by atomic mass is 10.0. The predicted molar refractivity (Wildman–Crippen MR) is 124 cm³/mol. The van der Waals surface area contributed by atoms with E-state index < -0.39 is 0 Å². The Kier molecular flexibility index (Phi) is 5.21. The van der Waals surface area contributed by atoms with Crippen LogP contribution in [0.25, 0.3) is 17.2 Å². The minimum atomic E-state index is -0.109. The van der Waals surface area contributed by atoms with Crippen LogP contribution in [-0.2, 0) is 12.8 Å². The fourth-order valence-corrected chi connectivity index (χ4v) is 5.40. The van der Waals surface area contributed by atoms with Crippen LogP contribution in [0.1, 0.15) is 71.6 Å². The standard InChI is InChI=1S/C26H29N5O2/c32-16-20-9-3-4-13-30(20)25(33)22-15-28-31(24(22)18-11-12-18)26-27-14-19-8-5-7-17-6-1-2-10-21(17)23(19)29-26/h1-2,6,10,14-15,18,20,32H,3-5,7-9,11-13,16H2/t20-/m0/s1. The summed E-state index contributed by atoms with van der Waals surface area (Å²) >= 11 is 0. The van der Waals surface area contributed by atoms with Crippen molar-refractivity contribution in [3.05, 3.63) is 59.0 Å². The topological polar surface area (TPSA) is 84.1 Å². The van der Waals surface area contributed by atoms with Gasteiger partial charge >= 0.3 is 0 Å². The van der Waals surface area contributed by atoms with E-state index in [1.165, 1.54) is 16.7 Å². The Morgan fingerprint density at radius 1 is 1.03 bits per heavy atom. The van der Waals surface area contributed by atoms with Gasteiger partial charge in [-0.25, -0.2) is 14.6 Å². The molecule has 1 saturated carbocycles. The largest absolute Gasteiger partial charge is 0.394 e. The fourth-order valence-electron chi connectivity index (χ4n) is 5.40. The van der Waals surface area contributed by atoms with Crippen molar-refractivity contribution in [2.24, 2.45) is 0 Å². The average molecular weight is 444 g/mol. The van der Waals surface area contributed by atoms with E-state index in [0.29, 0.717) is 24.0 Å². The second-order valence-electron chi connectivity index (χ2n) is 9.51. The molecule has 0 radical (unpaired) electrons. The molecule has 0 bridgehead atoms. The van der Waals surface area contributed by atoms with Gasteiger partial charge in [0.1, 0.15) is 0 Å². The minimum Gasteiger partial charge on any atom is -0.394 e. The number of benzene rings is 1. The number of aliphatic hydroxyl groups excluding tert-OH is 1. The van der Waals surface area contributed by atoms with Crippen molar-refractivity contribution in [2.45, 2.75) is 63.3 Å². The number of rotatable bonds is 4. The number of aryl methyl sites for hydroxylation is 2. The molecule has 7 nitrogen and oxygen atoms in total. The first-order valence-corrected chi connectivity index (χ1v) is 12.2. The van der Waals surface area contributed by atoms with Crippen LogP contribution in [0.5, 0.6) is 0 Å². The molecule has 1 N–H and O–H groups in total. The number of piperidine rings is 1. The van der Waals surface area contributed by atoms with Crippen LogP contribution in [0.3, 0.4) is 0 Å². The number of amides is 1. The summed E-state index contributed by atoms with van der Waals surface area (Å²) in [7, 11) is 0. The smallest absolute Gasteiger partial charge is 0.257 e. The summed E-state index contributed by atoms with van der Waals surface area (Å²) in [6, 6.07) is 8.36. The van der Waals surface area contributed by atoms with Crippen LogP contribution in [-0.4, -0.2) is 54.9 Å². The molecule has 7 heteroatoms. The van der Waals surface area contributed by atoms with Gasteiger partial charge in [0, 0.05) is 24.2 Å². The number of aliphatic hydroxyl groups is 1. The fraction of sp³-hybridized carbons (Fsp3) is 0.462. The molecule has 0 spiro atoms. The summed E-state index contributed by atoms with van der Waals surface area (Å²) in [6.07, 6.45) is 11.7. The van der Waals surface area contributed by atoms with Gasteiger partial charge in [0.15, 0.2) is 0 Å². The van der Waals surface area contributed by atoms with Crippen molar-refractivity contribution < 1.29 is 9.90 Å². The molecule has 3 aliphatic rings. The van der Waals surface area contributed by atoms with Crippen molar-refractivity contribution in [2.75, 3.05) is 13.2 Å². The lowest BCUT2D eigenvalue weighted by Gasteiger charge is -2.34. The van der Waals surface area contributed by atoms with Gasteiger partial charge in [0.05, 0.1) is 35.8 Å². The van der Waals surface area contributed by atoms with E-state index >= 15 is 0 Å². The van der Waals surface area contributed by atoms with E-state index in [-0.39, 0.29) is 18.6 Å². The van der Waals surface area contributed by atoms with E-state index in [1.807, 2.05) is 11.1 Å². The molecule has 1 atom stereocenters. The number of hydrogen-bond acceptors (Lipinski definition) is 5. The molecular weight excluding hydrogens is 414 g/mol. The average Bonchev–Trinajstić information content (AvgIpc) is 3.64. The van der Waals surface area contributed by atoms with Gasteiger partial charge in [0.2, 0.25) is 0 Å². The Morgan fingerprint density at radius 3 is 2.73 bits per heavy atom. The van der Waals surface area contributed by atoms with Crippen LogP contribution in [0.15, 0.2) is 36.7 Å². The molecule has 1 saturated heterocycles. The Morgan fingerprint density at radius 2 is 1.88 bits per heavy atom. The molecule has 2 aliphatic carbocycles. The van der Waals surface area contributed by atoms with Gasteiger partial charge in [-0.1, -0.05) is 24.3 Å². The van der Waals surface area contributed by atoms with Crippen LogP contribution < -0.4 is 0 Å². The monoisotopic (exact) mass is 443 g/mol. The number of carbonyl (C=O) groups is 1. The van der Waals surface area contributed by atoms with Gasteiger partial charge in [0.25, 0.3) is 11.9 Å². The Bertz CT molecular complexity index is 1200. The highest BCUT2D eigenvalue weighted by Crippen LogP contribution is 2.43. The quantitative estimate of drug-likeness (QED) is 0.665. The van der Waals surface area contributed by atoms with Crippen molar-refractivity contribution in [1.29, 1.82) is 0 Å². The molecular formula is C26H29N5O2. The van der Waals surface area contributed by atoms with E-state index in [1.54, 1.807) is 10.9 Å². The molecule has 6 rings (SSSR count). The van der Waals surface area contributed by atoms with Crippen molar-refractivity contribution >= 4 is 5.91 Å². The summed E-state index contributed by atoms with van der Waals surface area (Å²) in [5.41, 5.74) is 6.19.